The molecule has 0 atom stereocenters. The van der Waals surface area contributed by atoms with Crippen LogP contribution in [0.4, 0.5) is 4.39 Å². The molecule has 0 saturated heterocycles. The van der Waals surface area contributed by atoms with Gasteiger partial charge in [-0.15, -0.1) is 0 Å². The second-order valence-corrected chi connectivity index (χ2v) is 5.26. The number of hydrogen-bond acceptors (Lipinski definition) is 0. The molecule has 0 N–H and O–H groups in total. The number of aryl methyl sites for hydroxylation is 1. The van der Waals surface area contributed by atoms with Crippen molar-refractivity contribution in [3.05, 3.63) is 58.4 Å². The van der Waals surface area contributed by atoms with Crippen molar-refractivity contribution in [3.8, 4) is 0 Å². The highest BCUT2D eigenvalue weighted by Crippen LogP contribution is 2.21. The van der Waals surface area contributed by atoms with Gasteiger partial charge < -0.3 is 0 Å². The Balaban J connectivity index is 2.07. The maximum Gasteiger partial charge on any atom is 0.126 e. The lowest BCUT2D eigenvalue weighted by atomic mass is 9.95. The fraction of sp³-hybridized carbons (Fsp3) is 0.412. The Kier molecular flexibility index (Phi) is 4.35. The highest BCUT2D eigenvalue weighted by Gasteiger charge is 2.07. The Hall–Kier alpha value is -1.37. The van der Waals surface area contributed by atoms with Gasteiger partial charge in [-0.1, -0.05) is 35.4 Å². The smallest absolute Gasteiger partial charge is 0.126 e. The number of rotatable bonds is 2. The quantitative estimate of drug-likeness (QED) is 0.633. The molecule has 1 aliphatic rings. The summed E-state index contributed by atoms with van der Waals surface area (Å²) in [6.07, 6.45) is 9.76. The first kappa shape index (κ1) is 13.1. The zero-order valence-corrected chi connectivity index (χ0v) is 11.3. The second-order valence-electron chi connectivity index (χ2n) is 5.26. The van der Waals surface area contributed by atoms with Gasteiger partial charge >= 0.3 is 0 Å². The summed E-state index contributed by atoms with van der Waals surface area (Å²) in [5.41, 5.74) is 4.67. The molecule has 1 aliphatic carbocycles. The lowest BCUT2D eigenvalue weighted by Gasteiger charge is -2.11. The lowest BCUT2D eigenvalue weighted by Crippen LogP contribution is -1.97. The van der Waals surface area contributed by atoms with Gasteiger partial charge in [-0.25, -0.2) is 4.39 Å². The molecule has 0 heterocycles. The number of halogens is 1. The Morgan fingerprint density at radius 3 is 2.61 bits per heavy atom. The maximum absolute atomic E-state index is 13.8. The molecule has 0 unspecified atom stereocenters. The van der Waals surface area contributed by atoms with E-state index in [-0.39, 0.29) is 5.82 Å². The molecule has 0 nitrogen and oxygen atoms in total. The molecule has 0 saturated carbocycles. The molecule has 0 fully saturated rings. The first-order chi connectivity index (χ1) is 8.65. The van der Waals surface area contributed by atoms with E-state index in [1.165, 1.54) is 11.1 Å². The van der Waals surface area contributed by atoms with Gasteiger partial charge in [0.05, 0.1) is 0 Å². The first-order valence-electron chi connectivity index (χ1n) is 6.74. The summed E-state index contributed by atoms with van der Waals surface area (Å²) in [7, 11) is 0. The Bertz CT molecular complexity index is 480. The summed E-state index contributed by atoms with van der Waals surface area (Å²) in [6.45, 7) is 4.12. The lowest BCUT2D eigenvalue weighted by molar-refractivity contribution is 0.610. The minimum atomic E-state index is -0.0651. The Labute approximate surface area is 109 Å². The third-order valence-electron chi connectivity index (χ3n) is 3.56. The second kappa shape index (κ2) is 5.99. The van der Waals surface area contributed by atoms with E-state index in [4.69, 9.17) is 0 Å². The third kappa shape index (κ3) is 3.56. The molecular weight excluding hydrogens is 223 g/mol. The highest BCUT2D eigenvalue weighted by molar-refractivity contribution is 5.28. The number of hydrogen-bond donors (Lipinski definition) is 0. The minimum absolute atomic E-state index is 0.0651. The molecule has 0 bridgehead atoms. The normalized spacial score (nSPS) is 22.4. The molecule has 0 spiro atoms. The van der Waals surface area contributed by atoms with Gasteiger partial charge in [-0.3, -0.25) is 0 Å². The topological polar surface area (TPSA) is 0 Å². The van der Waals surface area contributed by atoms with Crippen molar-refractivity contribution >= 4 is 0 Å². The summed E-state index contributed by atoms with van der Waals surface area (Å²) in [5.74, 6) is -0.0651. The molecule has 2 rings (SSSR count). The van der Waals surface area contributed by atoms with Crippen LogP contribution in [0, 0.1) is 12.7 Å². The summed E-state index contributed by atoms with van der Waals surface area (Å²) in [5, 5.41) is 0. The predicted molar refractivity (Wildman–Crippen MR) is 75.1 cm³/mol. The summed E-state index contributed by atoms with van der Waals surface area (Å²) in [4.78, 5) is 0. The molecule has 1 heteroatoms. The fourth-order valence-electron chi connectivity index (χ4n) is 2.41. The van der Waals surface area contributed by atoms with E-state index >= 15 is 0 Å². The standard InChI is InChI=1S/C17H21F/c1-13-5-3-7-15(8-4-6-13)12-16-10-9-14(2)11-17(16)18/h5,8-11H,3-4,6-7,12H2,1-2H3/b13-5-,15-8+. The van der Waals surface area contributed by atoms with Crippen LogP contribution in [0.2, 0.25) is 0 Å². The van der Waals surface area contributed by atoms with E-state index in [1.807, 2.05) is 19.1 Å². The van der Waals surface area contributed by atoms with E-state index in [9.17, 15) is 4.39 Å². The van der Waals surface area contributed by atoms with E-state index < -0.39 is 0 Å². The van der Waals surface area contributed by atoms with Gasteiger partial charge in [0.1, 0.15) is 5.82 Å². The van der Waals surface area contributed by atoms with Gasteiger partial charge in [-0.05, 0) is 63.1 Å². The van der Waals surface area contributed by atoms with Crippen molar-refractivity contribution in [2.75, 3.05) is 0 Å². The van der Waals surface area contributed by atoms with Crippen LogP contribution in [0.15, 0.2) is 41.5 Å². The summed E-state index contributed by atoms with van der Waals surface area (Å²) >= 11 is 0. The molecule has 0 aliphatic heterocycles. The molecule has 0 amide bonds. The van der Waals surface area contributed by atoms with Crippen molar-refractivity contribution in [2.24, 2.45) is 0 Å². The van der Waals surface area contributed by atoms with Crippen molar-refractivity contribution in [1.29, 1.82) is 0 Å². The van der Waals surface area contributed by atoms with Crippen LogP contribution in [-0.2, 0) is 6.42 Å². The minimum Gasteiger partial charge on any atom is -0.207 e. The fourth-order valence-corrected chi connectivity index (χ4v) is 2.41. The van der Waals surface area contributed by atoms with Crippen molar-refractivity contribution in [1.82, 2.24) is 0 Å². The van der Waals surface area contributed by atoms with Gasteiger partial charge in [0.25, 0.3) is 0 Å². The molecule has 1 aromatic rings. The zero-order valence-electron chi connectivity index (χ0n) is 11.3. The average Bonchev–Trinajstić information content (AvgIpc) is 2.29. The van der Waals surface area contributed by atoms with Gasteiger partial charge in [-0.2, -0.15) is 0 Å². The van der Waals surface area contributed by atoms with E-state index in [0.29, 0.717) is 0 Å². The van der Waals surface area contributed by atoms with Crippen LogP contribution >= 0.6 is 0 Å². The van der Waals surface area contributed by atoms with Gasteiger partial charge in [0, 0.05) is 0 Å². The Morgan fingerprint density at radius 1 is 1.06 bits per heavy atom. The molecule has 0 radical (unpaired) electrons. The van der Waals surface area contributed by atoms with Crippen molar-refractivity contribution in [3.63, 3.8) is 0 Å². The maximum atomic E-state index is 13.8. The predicted octanol–water partition coefficient (Wildman–Crippen LogP) is 5.12. The third-order valence-corrected chi connectivity index (χ3v) is 3.56. The zero-order chi connectivity index (χ0) is 13.0. The molecule has 18 heavy (non-hydrogen) atoms. The Morgan fingerprint density at radius 2 is 1.83 bits per heavy atom. The van der Waals surface area contributed by atoms with Crippen LogP contribution in [0.5, 0.6) is 0 Å². The SMILES string of the molecule is C/C1=C/CC/C(Cc2ccc(C)cc2F)=C\CC1. The van der Waals surface area contributed by atoms with Crippen LogP contribution in [-0.4, -0.2) is 0 Å². The highest BCUT2D eigenvalue weighted by atomic mass is 19.1. The van der Waals surface area contributed by atoms with E-state index in [0.717, 1.165) is 43.2 Å². The summed E-state index contributed by atoms with van der Waals surface area (Å²) < 4.78 is 13.8. The number of benzene rings is 1. The van der Waals surface area contributed by atoms with Crippen molar-refractivity contribution in [2.45, 2.75) is 46.0 Å². The molecular formula is C17H21F. The largest absolute Gasteiger partial charge is 0.207 e. The number of allylic oxidation sites excluding steroid dienone is 4. The van der Waals surface area contributed by atoms with Crippen LogP contribution in [0.3, 0.4) is 0 Å². The molecule has 1 aromatic carbocycles. The molecule has 0 aromatic heterocycles. The monoisotopic (exact) mass is 244 g/mol. The molecule has 96 valence electrons. The van der Waals surface area contributed by atoms with Crippen LogP contribution < -0.4 is 0 Å². The van der Waals surface area contributed by atoms with Crippen molar-refractivity contribution < 1.29 is 4.39 Å². The van der Waals surface area contributed by atoms with Gasteiger partial charge in [0.2, 0.25) is 0 Å². The van der Waals surface area contributed by atoms with E-state index in [1.54, 1.807) is 6.07 Å². The average molecular weight is 244 g/mol. The summed E-state index contributed by atoms with van der Waals surface area (Å²) in [6, 6.07) is 5.54. The van der Waals surface area contributed by atoms with E-state index in [2.05, 4.69) is 19.1 Å². The van der Waals surface area contributed by atoms with Crippen LogP contribution in [0.1, 0.15) is 43.7 Å². The van der Waals surface area contributed by atoms with Crippen LogP contribution in [0.25, 0.3) is 0 Å². The van der Waals surface area contributed by atoms with Gasteiger partial charge in [0.15, 0.2) is 0 Å². The first-order valence-corrected chi connectivity index (χ1v) is 6.74.